The van der Waals surface area contributed by atoms with Crippen molar-refractivity contribution in [2.45, 2.75) is 19.4 Å². The van der Waals surface area contributed by atoms with Gasteiger partial charge in [0.1, 0.15) is 12.2 Å². The topological polar surface area (TPSA) is 127 Å². The van der Waals surface area contributed by atoms with E-state index in [0.29, 0.717) is 48.3 Å². The van der Waals surface area contributed by atoms with E-state index in [1.54, 1.807) is 66.9 Å². The van der Waals surface area contributed by atoms with Gasteiger partial charge in [0.05, 0.1) is 12.1 Å². The number of pyridine rings is 1. The van der Waals surface area contributed by atoms with Crippen LogP contribution in [-0.4, -0.2) is 52.2 Å². The Morgan fingerprint density at radius 3 is 2.55 bits per heavy atom. The number of rotatable bonds is 11. The number of amides is 3. The number of carbonyl (C=O) groups is 3. The number of ether oxygens (including phenoxy) is 1. The third-order valence-electron chi connectivity index (χ3n) is 6.00. The molecule has 2 aromatic carbocycles. The molecule has 2 heterocycles. The third kappa shape index (κ3) is 6.73. The molecular weight excluding hydrogens is 484 g/mol. The Bertz CT molecular complexity index is 1450. The summed E-state index contributed by atoms with van der Waals surface area (Å²) in [5.74, 6) is 0.285. The van der Waals surface area contributed by atoms with Gasteiger partial charge in [0.2, 0.25) is 11.8 Å². The van der Waals surface area contributed by atoms with Gasteiger partial charge in [0, 0.05) is 42.0 Å². The number of anilines is 1. The molecule has 38 heavy (non-hydrogen) atoms. The first-order valence-corrected chi connectivity index (χ1v) is 12.5. The van der Waals surface area contributed by atoms with Gasteiger partial charge in [-0.1, -0.05) is 24.3 Å². The second kappa shape index (κ2) is 11.5. The summed E-state index contributed by atoms with van der Waals surface area (Å²) in [4.78, 5) is 41.4. The predicted molar refractivity (Wildman–Crippen MR) is 142 cm³/mol. The van der Waals surface area contributed by atoms with Gasteiger partial charge in [-0.25, -0.2) is 4.98 Å². The second-order valence-corrected chi connectivity index (χ2v) is 9.14. The lowest BCUT2D eigenvalue weighted by atomic mass is 10.2. The summed E-state index contributed by atoms with van der Waals surface area (Å²) < 4.78 is 7.21. The van der Waals surface area contributed by atoms with Crippen LogP contribution in [0.3, 0.4) is 0 Å². The van der Waals surface area contributed by atoms with Crippen LogP contribution in [0.4, 0.5) is 5.69 Å². The van der Waals surface area contributed by atoms with E-state index in [1.165, 1.54) is 17.5 Å². The molecule has 0 aliphatic heterocycles. The van der Waals surface area contributed by atoms with Gasteiger partial charge in [-0.2, -0.15) is 5.10 Å². The molecule has 2 aromatic heterocycles. The molecule has 0 bridgehead atoms. The van der Waals surface area contributed by atoms with E-state index in [-0.39, 0.29) is 30.0 Å². The molecule has 10 nitrogen and oxygen atoms in total. The highest BCUT2D eigenvalue weighted by Gasteiger charge is 2.22. The predicted octanol–water partition coefficient (Wildman–Crippen LogP) is 3.02. The number of carbonyl (C=O) groups excluding carboxylic acids is 3. The van der Waals surface area contributed by atoms with E-state index in [1.807, 2.05) is 6.07 Å². The first-order valence-electron chi connectivity index (χ1n) is 12.5. The first kappa shape index (κ1) is 24.9. The maximum absolute atomic E-state index is 12.7. The van der Waals surface area contributed by atoms with Crippen molar-refractivity contribution < 1.29 is 19.1 Å². The quantitative estimate of drug-likeness (QED) is 0.265. The lowest BCUT2D eigenvalue weighted by Crippen LogP contribution is -2.36. The van der Waals surface area contributed by atoms with Gasteiger partial charge >= 0.3 is 0 Å². The summed E-state index contributed by atoms with van der Waals surface area (Å²) in [6.07, 6.45) is 4.10. The van der Waals surface area contributed by atoms with Gasteiger partial charge in [-0.15, -0.1) is 0 Å². The third-order valence-corrected chi connectivity index (χ3v) is 6.00. The molecule has 0 atom stereocenters. The molecule has 0 spiro atoms. The smallest absolute Gasteiger partial charge is 0.274 e. The number of fused-ring (bicyclic) bond motifs is 1. The average molecular weight is 513 g/mol. The summed E-state index contributed by atoms with van der Waals surface area (Å²) >= 11 is 0. The van der Waals surface area contributed by atoms with Crippen molar-refractivity contribution in [3.63, 3.8) is 0 Å². The summed E-state index contributed by atoms with van der Waals surface area (Å²) in [5, 5.41) is 13.6. The van der Waals surface area contributed by atoms with Gasteiger partial charge in [-0.05, 0) is 55.2 Å². The second-order valence-electron chi connectivity index (χ2n) is 9.14. The van der Waals surface area contributed by atoms with Crippen LogP contribution in [0.2, 0.25) is 0 Å². The SMILES string of the molecule is O=C(Cn1cc2cc(NC(=O)c3cccc(OCC4CC4)n3)ccc2n1)NCCNC(=O)c1ccccc1. The zero-order valence-corrected chi connectivity index (χ0v) is 20.7. The van der Waals surface area contributed by atoms with Crippen molar-refractivity contribution in [3.05, 3.63) is 84.2 Å². The van der Waals surface area contributed by atoms with Crippen LogP contribution in [0.15, 0.2) is 72.9 Å². The number of aromatic nitrogens is 3. The molecule has 0 unspecified atom stereocenters. The van der Waals surface area contributed by atoms with Crippen molar-refractivity contribution in [3.8, 4) is 5.88 Å². The largest absolute Gasteiger partial charge is 0.477 e. The molecule has 1 fully saturated rings. The molecule has 1 aliphatic rings. The minimum atomic E-state index is -0.340. The summed E-state index contributed by atoms with van der Waals surface area (Å²) in [6.45, 7) is 1.27. The molecule has 3 amide bonds. The zero-order chi connectivity index (χ0) is 26.3. The maximum atomic E-state index is 12.7. The van der Waals surface area contributed by atoms with Crippen LogP contribution in [0.5, 0.6) is 5.88 Å². The van der Waals surface area contributed by atoms with Crippen LogP contribution < -0.4 is 20.7 Å². The normalized spacial score (nSPS) is 12.6. The van der Waals surface area contributed by atoms with Crippen molar-refractivity contribution >= 4 is 34.3 Å². The van der Waals surface area contributed by atoms with E-state index in [9.17, 15) is 14.4 Å². The monoisotopic (exact) mass is 512 g/mol. The highest BCUT2D eigenvalue weighted by Crippen LogP contribution is 2.29. The van der Waals surface area contributed by atoms with Gasteiger partial charge in [-0.3, -0.25) is 19.1 Å². The van der Waals surface area contributed by atoms with Crippen LogP contribution >= 0.6 is 0 Å². The minimum absolute atomic E-state index is 0.0283. The highest BCUT2D eigenvalue weighted by atomic mass is 16.5. The van der Waals surface area contributed by atoms with Crippen molar-refractivity contribution in [2.24, 2.45) is 5.92 Å². The maximum Gasteiger partial charge on any atom is 0.274 e. The Morgan fingerprint density at radius 1 is 0.921 bits per heavy atom. The average Bonchev–Trinajstić information content (AvgIpc) is 3.68. The van der Waals surface area contributed by atoms with E-state index in [2.05, 4.69) is 26.0 Å². The molecule has 5 rings (SSSR count). The first-order chi connectivity index (χ1) is 18.5. The number of nitrogens with one attached hydrogen (secondary N) is 3. The Kier molecular flexibility index (Phi) is 7.58. The van der Waals surface area contributed by atoms with Crippen LogP contribution in [0.1, 0.15) is 33.7 Å². The van der Waals surface area contributed by atoms with Crippen molar-refractivity contribution in [2.75, 3.05) is 25.0 Å². The van der Waals surface area contributed by atoms with E-state index >= 15 is 0 Å². The molecule has 4 aromatic rings. The molecular formula is C28H28N6O4. The Labute approximate surface area is 219 Å². The fraction of sp³-hybridized carbons (Fsp3) is 0.250. The van der Waals surface area contributed by atoms with Gasteiger partial charge in [0.15, 0.2) is 0 Å². The van der Waals surface area contributed by atoms with Crippen molar-refractivity contribution in [1.82, 2.24) is 25.4 Å². The lowest BCUT2D eigenvalue weighted by Gasteiger charge is -2.07. The van der Waals surface area contributed by atoms with Crippen molar-refractivity contribution in [1.29, 1.82) is 0 Å². The minimum Gasteiger partial charge on any atom is -0.477 e. The van der Waals surface area contributed by atoms with Crippen LogP contribution in [-0.2, 0) is 11.3 Å². The van der Waals surface area contributed by atoms with Crippen LogP contribution in [0.25, 0.3) is 10.9 Å². The number of nitrogens with zero attached hydrogens (tertiary/aromatic N) is 3. The number of hydrogen-bond acceptors (Lipinski definition) is 6. The molecule has 0 radical (unpaired) electrons. The molecule has 10 heteroatoms. The number of hydrogen-bond donors (Lipinski definition) is 3. The lowest BCUT2D eigenvalue weighted by molar-refractivity contribution is -0.121. The Hall–Kier alpha value is -4.73. The van der Waals surface area contributed by atoms with Gasteiger partial charge < -0.3 is 20.7 Å². The molecule has 194 valence electrons. The summed E-state index contributed by atoms with van der Waals surface area (Å²) in [5.41, 5.74) is 2.12. The van der Waals surface area contributed by atoms with Crippen LogP contribution in [0, 0.1) is 5.92 Å². The molecule has 1 aliphatic carbocycles. The van der Waals surface area contributed by atoms with E-state index in [4.69, 9.17) is 4.74 Å². The summed E-state index contributed by atoms with van der Waals surface area (Å²) in [7, 11) is 0. The molecule has 3 N–H and O–H groups in total. The fourth-order valence-electron chi connectivity index (χ4n) is 3.81. The molecule has 1 saturated carbocycles. The van der Waals surface area contributed by atoms with Gasteiger partial charge in [0.25, 0.3) is 11.8 Å². The van der Waals surface area contributed by atoms with E-state index < -0.39 is 0 Å². The standard InChI is InChI=1S/C28H28N6O4/c35-25(29-13-14-30-27(36)20-5-2-1-3-6-20)17-34-16-21-15-22(11-12-23(21)33-34)31-28(37)24-7-4-8-26(32-24)38-18-19-9-10-19/h1-8,11-12,15-16,19H,9-10,13-14,17-18H2,(H,29,35)(H,30,36)(H,31,37). The molecule has 0 saturated heterocycles. The Morgan fingerprint density at radius 2 is 1.74 bits per heavy atom. The Balaban J connectivity index is 1.11. The fourth-order valence-corrected chi connectivity index (χ4v) is 3.81. The zero-order valence-electron chi connectivity index (χ0n) is 20.7. The van der Waals surface area contributed by atoms with E-state index in [0.717, 1.165) is 5.39 Å². The highest BCUT2D eigenvalue weighted by molar-refractivity contribution is 6.03. The number of benzene rings is 2. The summed E-state index contributed by atoms with van der Waals surface area (Å²) in [6, 6.07) is 19.4.